The van der Waals surface area contributed by atoms with Crippen LogP contribution in [0, 0.1) is 0 Å². The molecule has 0 bridgehead atoms. The van der Waals surface area contributed by atoms with Crippen LogP contribution in [-0.2, 0) is 0 Å². The van der Waals surface area contributed by atoms with Crippen LogP contribution in [0.3, 0.4) is 0 Å². The Bertz CT molecular complexity index is 237. The first-order valence-corrected chi connectivity index (χ1v) is 3.31. The van der Waals surface area contributed by atoms with E-state index < -0.39 is 0 Å². The summed E-state index contributed by atoms with van der Waals surface area (Å²) in [5.74, 6) is 1.04. The van der Waals surface area contributed by atoms with E-state index in [-0.39, 0.29) is 0 Å². The number of fused-ring (bicyclic) bond motifs is 1. The summed E-state index contributed by atoms with van der Waals surface area (Å²) in [5, 5.41) is 1.94. The highest BCUT2D eigenvalue weighted by atomic mass is 15.5. The highest BCUT2D eigenvalue weighted by Gasteiger charge is 2.16. The van der Waals surface area contributed by atoms with Crippen molar-refractivity contribution >= 4 is 6.21 Å². The summed E-state index contributed by atoms with van der Waals surface area (Å²) < 4.78 is 0. The van der Waals surface area contributed by atoms with Crippen molar-refractivity contribution in [2.24, 2.45) is 4.99 Å². The third-order valence-electron chi connectivity index (χ3n) is 1.64. The average molecular weight is 135 g/mol. The lowest BCUT2D eigenvalue weighted by molar-refractivity contribution is 0.383. The van der Waals surface area contributed by atoms with Crippen LogP contribution in [0.25, 0.3) is 0 Å². The second kappa shape index (κ2) is 1.95. The summed E-state index contributed by atoms with van der Waals surface area (Å²) in [6.07, 6.45) is 5.69. The molecule has 3 heteroatoms. The van der Waals surface area contributed by atoms with Crippen LogP contribution < -0.4 is 5.43 Å². The number of aliphatic imine (C=N–C) groups is 1. The van der Waals surface area contributed by atoms with Crippen molar-refractivity contribution in [1.82, 2.24) is 10.4 Å². The summed E-state index contributed by atoms with van der Waals surface area (Å²) >= 11 is 0. The number of hydrogen-bond donors (Lipinski definition) is 1. The zero-order valence-electron chi connectivity index (χ0n) is 5.83. The molecule has 0 amide bonds. The Kier molecular flexibility index (Phi) is 1.11. The molecule has 2 rings (SSSR count). The first kappa shape index (κ1) is 5.68. The molecular weight excluding hydrogens is 126 g/mol. The molecule has 0 aliphatic carbocycles. The second-order valence-electron chi connectivity index (χ2n) is 2.43. The summed E-state index contributed by atoms with van der Waals surface area (Å²) in [7, 11) is 0. The lowest BCUT2D eigenvalue weighted by atomic mass is 10.3. The molecule has 10 heavy (non-hydrogen) atoms. The maximum atomic E-state index is 4.20. The van der Waals surface area contributed by atoms with E-state index >= 15 is 0 Å². The number of nitrogens with one attached hydrogen (secondary N) is 1. The topological polar surface area (TPSA) is 27.6 Å². The van der Waals surface area contributed by atoms with Crippen molar-refractivity contribution in [2.45, 2.75) is 6.92 Å². The largest absolute Gasteiger partial charge is 0.267 e. The van der Waals surface area contributed by atoms with Gasteiger partial charge in [0.2, 0.25) is 0 Å². The van der Waals surface area contributed by atoms with Crippen molar-refractivity contribution in [3.63, 3.8) is 0 Å². The first-order valence-electron chi connectivity index (χ1n) is 3.31. The molecule has 0 aromatic rings. The molecular formula is C7H9N3. The Morgan fingerprint density at radius 1 is 1.70 bits per heavy atom. The molecule has 0 saturated heterocycles. The smallest absolute Gasteiger partial charge is 0.147 e. The maximum absolute atomic E-state index is 4.20. The van der Waals surface area contributed by atoms with E-state index in [0.29, 0.717) is 0 Å². The Morgan fingerprint density at radius 3 is 3.40 bits per heavy atom. The fourth-order valence-electron chi connectivity index (χ4n) is 1.10. The predicted octanol–water partition coefficient (Wildman–Crippen LogP) is 0.636. The van der Waals surface area contributed by atoms with Gasteiger partial charge >= 0.3 is 0 Å². The molecule has 2 heterocycles. The van der Waals surface area contributed by atoms with Crippen LogP contribution in [0.2, 0.25) is 0 Å². The summed E-state index contributed by atoms with van der Waals surface area (Å²) in [6.45, 7) is 3.00. The molecule has 0 unspecified atom stereocenters. The van der Waals surface area contributed by atoms with Crippen LogP contribution >= 0.6 is 0 Å². The normalized spacial score (nSPS) is 22.3. The van der Waals surface area contributed by atoms with E-state index in [1.807, 2.05) is 23.5 Å². The zero-order chi connectivity index (χ0) is 6.97. The number of allylic oxidation sites excluding steroid dienone is 1. The average Bonchev–Trinajstić information content (AvgIpc) is 2.34. The van der Waals surface area contributed by atoms with Gasteiger partial charge in [-0.3, -0.25) is 5.01 Å². The van der Waals surface area contributed by atoms with Gasteiger partial charge in [-0.15, -0.1) is 0 Å². The third-order valence-corrected chi connectivity index (χ3v) is 1.64. The van der Waals surface area contributed by atoms with Crippen molar-refractivity contribution in [2.75, 3.05) is 6.54 Å². The number of rotatable bonds is 0. The fourth-order valence-corrected chi connectivity index (χ4v) is 1.10. The fraction of sp³-hybridized carbons (Fsp3) is 0.286. The van der Waals surface area contributed by atoms with Crippen LogP contribution in [0.1, 0.15) is 6.92 Å². The van der Waals surface area contributed by atoms with Crippen LogP contribution in [0.15, 0.2) is 28.7 Å². The second-order valence-corrected chi connectivity index (χ2v) is 2.43. The molecule has 0 fully saturated rings. The summed E-state index contributed by atoms with van der Waals surface area (Å²) in [4.78, 5) is 4.20. The zero-order valence-corrected chi connectivity index (χ0v) is 5.83. The maximum Gasteiger partial charge on any atom is 0.147 e. The summed E-state index contributed by atoms with van der Waals surface area (Å²) in [5.41, 5.74) is 4.46. The van der Waals surface area contributed by atoms with Gasteiger partial charge in [0, 0.05) is 19.0 Å². The van der Waals surface area contributed by atoms with Crippen molar-refractivity contribution in [3.05, 3.63) is 23.7 Å². The highest BCUT2D eigenvalue weighted by Crippen LogP contribution is 2.17. The van der Waals surface area contributed by atoms with Gasteiger partial charge in [0.25, 0.3) is 0 Å². The number of nitrogens with zero attached hydrogens (tertiary/aromatic N) is 2. The van der Waals surface area contributed by atoms with Gasteiger partial charge in [-0.1, -0.05) is 0 Å². The molecule has 0 saturated carbocycles. The molecule has 0 atom stereocenters. The first-order chi connectivity index (χ1) is 4.88. The van der Waals surface area contributed by atoms with E-state index in [0.717, 1.165) is 12.4 Å². The molecule has 2 aliphatic rings. The standard InChI is InChI=1S/C7H9N3/c1-6-5-9-10-4-2-3-8-7(6)10/h2-4,9H,5H2,1H3. The van der Waals surface area contributed by atoms with Gasteiger partial charge in [0.05, 0.1) is 0 Å². The van der Waals surface area contributed by atoms with E-state index in [9.17, 15) is 0 Å². The van der Waals surface area contributed by atoms with Crippen LogP contribution in [0.4, 0.5) is 0 Å². The predicted molar refractivity (Wildman–Crippen MR) is 40.2 cm³/mol. The monoisotopic (exact) mass is 135 g/mol. The van der Waals surface area contributed by atoms with E-state index in [1.165, 1.54) is 5.57 Å². The van der Waals surface area contributed by atoms with Crippen molar-refractivity contribution in [3.8, 4) is 0 Å². The van der Waals surface area contributed by atoms with Gasteiger partial charge in [-0.2, -0.15) is 0 Å². The Balaban J connectivity index is 2.39. The summed E-state index contributed by atoms with van der Waals surface area (Å²) in [6, 6.07) is 0. The minimum Gasteiger partial charge on any atom is -0.267 e. The highest BCUT2D eigenvalue weighted by molar-refractivity contribution is 5.73. The Labute approximate surface area is 59.7 Å². The van der Waals surface area contributed by atoms with E-state index in [4.69, 9.17) is 0 Å². The lowest BCUT2D eigenvalue weighted by Gasteiger charge is -2.15. The minimum absolute atomic E-state index is 0.914. The van der Waals surface area contributed by atoms with Gasteiger partial charge in [-0.05, 0) is 18.6 Å². The molecule has 0 radical (unpaired) electrons. The molecule has 52 valence electrons. The molecule has 0 aromatic carbocycles. The molecule has 2 aliphatic heterocycles. The Morgan fingerprint density at radius 2 is 2.60 bits per heavy atom. The van der Waals surface area contributed by atoms with Crippen molar-refractivity contribution in [1.29, 1.82) is 0 Å². The molecule has 1 N–H and O–H groups in total. The van der Waals surface area contributed by atoms with Crippen molar-refractivity contribution < 1.29 is 0 Å². The Hall–Kier alpha value is -1.09. The van der Waals surface area contributed by atoms with Gasteiger partial charge < -0.3 is 0 Å². The number of hydrazine groups is 1. The lowest BCUT2D eigenvalue weighted by Crippen LogP contribution is -2.26. The van der Waals surface area contributed by atoms with Crippen LogP contribution in [-0.4, -0.2) is 17.8 Å². The van der Waals surface area contributed by atoms with E-state index in [1.54, 1.807) is 0 Å². The minimum atomic E-state index is 0.914. The van der Waals surface area contributed by atoms with E-state index in [2.05, 4.69) is 17.3 Å². The van der Waals surface area contributed by atoms with Gasteiger partial charge in [0.15, 0.2) is 0 Å². The third kappa shape index (κ3) is 0.675. The van der Waals surface area contributed by atoms with Gasteiger partial charge in [-0.25, -0.2) is 10.4 Å². The number of hydrogen-bond acceptors (Lipinski definition) is 3. The molecule has 0 spiro atoms. The SMILES string of the molecule is CC1=C2N=CC=CN2NC1. The van der Waals surface area contributed by atoms with Gasteiger partial charge in [0.1, 0.15) is 5.82 Å². The molecule has 3 nitrogen and oxygen atoms in total. The molecule has 0 aromatic heterocycles. The quantitative estimate of drug-likeness (QED) is 0.527. The van der Waals surface area contributed by atoms with Crippen LogP contribution in [0.5, 0.6) is 0 Å².